The second-order valence-electron chi connectivity index (χ2n) is 10.4. The van der Waals surface area contributed by atoms with Crippen molar-refractivity contribution in [3.05, 3.63) is 40.6 Å². The number of aromatic hydroxyl groups is 3. The quantitative estimate of drug-likeness (QED) is 0.147. The molecule has 2 aromatic carbocycles. The third kappa shape index (κ3) is 5.63. The van der Waals surface area contributed by atoms with Gasteiger partial charge >= 0.3 is 0 Å². The summed E-state index contributed by atoms with van der Waals surface area (Å²) in [4.78, 5) is 13.7. The zero-order valence-corrected chi connectivity index (χ0v) is 23.3. The molecule has 16 nitrogen and oxygen atoms in total. The topological polar surface area (TPSA) is 258 Å². The van der Waals surface area contributed by atoms with E-state index >= 15 is 0 Å². The largest absolute Gasteiger partial charge is 0.508 e. The second kappa shape index (κ2) is 12.4. The molecule has 0 radical (unpaired) electrons. The molecule has 0 unspecified atom stereocenters. The summed E-state index contributed by atoms with van der Waals surface area (Å²) in [5.41, 5.74) is -1.11. The Labute approximate surface area is 248 Å². The van der Waals surface area contributed by atoms with E-state index in [9.17, 15) is 50.8 Å². The smallest absolute Gasteiger partial charge is 0.239 e. The molecule has 16 heteroatoms. The van der Waals surface area contributed by atoms with Gasteiger partial charge in [0.2, 0.25) is 17.5 Å². The molecule has 3 heterocycles. The Morgan fingerprint density at radius 2 is 1.55 bits per heavy atom. The summed E-state index contributed by atoms with van der Waals surface area (Å²) in [5, 5.41) is 92.4. The Morgan fingerprint density at radius 1 is 0.841 bits per heavy atom. The van der Waals surface area contributed by atoms with Crippen LogP contribution in [-0.2, 0) is 14.2 Å². The van der Waals surface area contributed by atoms with Gasteiger partial charge in [-0.1, -0.05) is 0 Å². The minimum Gasteiger partial charge on any atom is -0.508 e. The van der Waals surface area contributed by atoms with Crippen molar-refractivity contribution in [2.45, 2.75) is 68.3 Å². The predicted octanol–water partition coefficient (Wildman–Crippen LogP) is -1.38. The highest BCUT2D eigenvalue weighted by atomic mass is 16.7. The number of rotatable bonds is 7. The summed E-state index contributed by atoms with van der Waals surface area (Å²) >= 11 is 0. The van der Waals surface area contributed by atoms with Crippen LogP contribution >= 0.6 is 0 Å². The molecule has 9 N–H and O–H groups in total. The lowest BCUT2D eigenvalue weighted by Crippen LogP contribution is -2.64. The van der Waals surface area contributed by atoms with E-state index in [0.29, 0.717) is 0 Å². The summed E-state index contributed by atoms with van der Waals surface area (Å²) in [6, 6.07) is 5.83. The molecule has 10 atom stereocenters. The van der Waals surface area contributed by atoms with Gasteiger partial charge in [-0.3, -0.25) is 4.79 Å². The fourth-order valence-electron chi connectivity index (χ4n) is 5.10. The fourth-order valence-corrected chi connectivity index (χ4v) is 5.10. The van der Waals surface area contributed by atoms with Gasteiger partial charge in [0.05, 0.1) is 19.8 Å². The number of aliphatic hydroxyl groups excluding tert-OH is 6. The van der Waals surface area contributed by atoms with Gasteiger partial charge in [-0.05, 0) is 25.1 Å². The number of phenols is 3. The van der Waals surface area contributed by atoms with E-state index in [0.717, 1.165) is 12.1 Å². The average Bonchev–Trinajstić information content (AvgIpc) is 2.99. The highest BCUT2D eigenvalue weighted by molar-refractivity contribution is 5.88. The van der Waals surface area contributed by atoms with E-state index in [1.165, 1.54) is 32.2 Å². The molecule has 0 spiro atoms. The van der Waals surface area contributed by atoms with Crippen molar-refractivity contribution >= 4 is 11.0 Å². The number of benzene rings is 2. The molecule has 2 saturated heterocycles. The van der Waals surface area contributed by atoms with Crippen molar-refractivity contribution in [3.63, 3.8) is 0 Å². The van der Waals surface area contributed by atoms with Gasteiger partial charge in [0, 0.05) is 17.7 Å². The summed E-state index contributed by atoms with van der Waals surface area (Å²) in [5.74, 6) is -2.28. The molecule has 0 amide bonds. The maximum absolute atomic E-state index is 13.7. The molecular formula is C28H32O16. The highest BCUT2D eigenvalue weighted by Crippen LogP contribution is 2.40. The lowest BCUT2D eigenvalue weighted by atomic mass is 9.97. The van der Waals surface area contributed by atoms with Gasteiger partial charge in [0.25, 0.3) is 0 Å². The minimum atomic E-state index is -1.97. The summed E-state index contributed by atoms with van der Waals surface area (Å²) in [7, 11) is 1.28. The molecule has 240 valence electrons. The highest BCUT2D eigenvalue weighted by Gasteiger charge is 2.51. The molecule has 2 fully saturated rings. The van der Waals surface area contributed by atoms with Crippen molar-refractivity contribution in [1.82, 2.24) is 0 Å². The second-order valence-corrected chi connectivity index (χ2v) is 10.4. The van der Waals surface area contributed by atoms with Crippen molar-refractivity contribution in [3.8, 4) is 40.1 Å². The van der Waals surface area contributed by atoms with Crippen molar-refractivity contribution < 1.29 is 74.1 Å². The molecular weight excluding hydrogens is 592 g/mol. The van der Waals surface area contributed by atoms with E-state index in [1.807, 2.05) is 0 Å². The monoisotopic (exact) mass is 624 g/mol. The molecule has 0 bridgehead atoms. The Balaban J connectivity index is 1.51. The van der Waals surface area contributed by atoms with Crippen LogP contribution in [-0.4, -0.2) is 121 Å². The lowest BCUT2D eigenvalue weighted by molar-refractivity contribution is -0.349. The van der Waals surface area contributed by atoms with Crippen LogP contribution in [0.3, 0.4) is 0 Å². The van der Waals surface area contributed by atoms with Gasteiger partial charge < -0.3 is 74.1 Å². The van der Waals surface area contributed by atoms with Crippen LogP contribution in [0, 0.1) is 0 Å². The summed E-state index contributed by atoms with van der Waals surface area (Å²) in [6.45, 7) is 0.577. The average molecular weight is 625 g/mol. The molecule has 1 aromatic heterocycles. The van der Waals surface area contributed by atoms with Crippen LogP contribution in [0.5, 0.6) is 28.7 Å². The first-order valence-electron chi connectivity index (χ1n) is 13.4. The molecule has 3 aromatic rings. The van der Waals surface area contributed by atoms with E-state index in [4.69, 9.17) is 28.1 Å². The van der Waals surface area contributed by atoms with Crippen LogP contribution in [0.2, 0.25) is 0 Å². The normalized spacial score (nSPS) is 32.5. The molecule has 2 aliphatic rings. The first kappa shape index (κ1) is 31.7. The Kier molecular flexibility index (Phi) is 8.90. The van der Waals surface area contributed by atoms with Gasteiger partial charge in [-0.25, -0.2) is 0 Å². The zero-order valence-electron chi connectivity index (χ0n) is 23.3. The Hall–Kier alpha value is -3.71. The first-order chi connectivity index (χ1) is 20.9. The minimum absolute atomic E-state index is 0.0151. The van der Waals surface area contributed by atoms with Gasteiger partial charge in [0.15, 0.2) is 23.5 Å². The standard InChI is InChI=1S/C28H32O16/c1-9-18(33)20(35)22(37)27(40-9)43-25-16(8-29)42-28(23(38)21(25)36)44-26-19(34)17-13(32)6-11(30)7-15(17)41-24(26)10-3-4-12(31)14(5-10)39-2/h3-7,9,16,18,20-23,25,27-33,35-38H,8H2,1-2H3/t9-,16-,18-,20-,21-,22-,23+,25+,27-,28+/m0/s1. The molecule has 0 aliphatic carbocycles. The Morgan fingerprint density at radius 3 is 2.23 bits per heavy atom. The summed E-state index contributed by atoms with van der Waals surface area (Å²) in [6.07, 6.45) is -16.2. The number of ether oxygens (including phenoxy) is 5. The lowest BCUT2D eigenvalue weighted by Gasteiger charge is -2.45. The third-order valence-corrected chi connectivity index (χ3v) is 7.51. The number of fused-ring (bicyclic) bond motifs is 1. The number of hydrogen-bond acceptors (Lipinski definition) is 16. The van der Waals surface area contributed by atoms with Crippen molar-refractivity contribution in [2.24, 2.45) is 0 Å². The first-order valence-corrected chi connectivity index (χ1v) is 13.4. The SMILES string of the molecule is COc1cc(-c2oc3cc(O)cc(O)c3c(=O)c2O[C@H]2O[C@@H](CO)[C@@H](O[C@@H]3O[C@@H](C)[C@H](O)[C@H](O)[C@@H]3O)[C@@H](O)[C@H]2O)ccc1O. The maximum atomic E-state index is 13.7. The molecule has 5 rings (SSSR count). The van der Waals surface area contributed by atoms with Crippen LogP contribution in [0.1, 0.15) is 6.92 Å². The molecule has 2 aliphatic heterocycles. The van der Waals surface area contributed by atoms with Crippen molar-refractivity contribution in [1.29, 1.82) is 0 Å². The van der Waals surface area contributed by atoms with Gasteiger partial charge in [0.1, 0.15) is 65.2 Å². The molecule has 0 saturated carbocycles. The van der Waals surface area contributed by atoms with Crippen LogP contribution in [0.25, 0.3) is 22.3 Å². The number of methoxy groups -OCH3 is 1. The number of phenolic OH excluding ortho intramolecular Hbond substituents is 3. The third-order valence-electron chi connectivity index (χ3n) is 7.51. The van der Waals surface area contributed by atoms with Crippen LogP contribution in [0.4, 0.5) is 0 Å². The Bertz CT molecular complexity index is 1550. The van der Waals surface area contributed by atoms with Crippen LogP contribution in [0.15, 0.2) is 39.5 Å². The summed E-state index contributed by atoms with van der Waals surface area (Å²) < 4.78 is 33.3. The zero-order chi connectivity index (χ0) is 32.0. The van der Waals surface area contributed by atoms with E-state index in [2.05, 4.69) is 0 Å². The van der Waals surface area contributed by atoms with Crippen LogP contribution < -0.4 is 14.9 Å². The molecule has 44 heavy (non-hydrogen) atoms. The van der Waals surface area contributed by atoms with E-state index in [1.54, 1.807) is 0 Å². The van der Waals surface area contributed by atoms with E-state index < -0.39 is 96.1 Å². The van der Waals surface area contributed by atoms with Gasteiger partial charge in [-0.15, -0.1) is 0 Å². The number of hydrogen-bond donors (Lipinski definition) is 9. The van der Waals surface area contributed by atoms with Crippen molar-refractivity contribution in [2.75, 3.05) is 13.7 Å². The predicted molar refractivity (Wildman–Crippen MR) is 145 cm³/mol. The number of aliphatic hydroxyl groups is 6. The fraction of sp³-hybridized carbons (Fsp3) is 0.464. The van der Waals surface area contributed by atoms with Gasteiger partial charge in [-0.2, -0.15) is 0 Å². The van der Waals surface area contributed by atoms with E-state index in [-0.39, 0.29) is 28.4 Å². The maximum Gasteiger partial charge on any atom is 0.239 e.